The average molecular weight is 1460 g/mol. The Morgan fingerprint density at radius 1 is 0.928 bits per heavy atom. The lowest BCUT2D eigenvalue weighted by Gasteiger charge is -2.32. The summed E-state index contributed by atoms with van der Waals surface area (Å²) in [5.74, 6) is 4.56. The second kappa shape index (κ2) is 34.4. The molecule has 97 heavy (non-hydrogen) atoms. The number of benzene rings is 3. The van der Waals surface area contributed by atoms with Crippen molar-refractivity contribution in [3.63, 3.8) is 0 Å². The maximum absolute atomic E-state index is 13.6. The molecule has 35 heteroatoms. The molecule has 7 rings (SSSR count). The Morgan fingerprint density at radius 3 is 2.37 bits per heavy atom. The molecule has 1 saturated heterocycles. The fraction of sp³-hybridized carbons (Fsp3) is 0.435. The number of fused-ring (bicyclic) bond motifs is 2. The molecular formula is C62H79N9O20P3S3+. The number of hydrogen-bond acceptors (Lipinski definition) is 20. The highest BCUT2D eigenvalue weighted by atomic mass is 33.1. The van der Waals surface area contributed by atoms with E-state index in [1.807, 2.05) is 49.8 Å². The molecule has 0 radical (unpaired) electrons. The SMILES string of the molecule is C=C1NC(=O)C(C#CCNC(=O)CCCCOCSSCCNC(=O)CCCCCN2\C(=C/C=C/C=C/C3=[N+](C)c4ccc(S(=O)(=O)O)cc4C3(C)C)C(C)(C)c3ccccc32)=CN1[C@H]1CC(OC(=O)c2ccccc2C(C)N=[N+]=[N-])[C@@H](COP(=O)(O)OP(=O)(O)OP(=O)(O)O)O1. The van der Waals surface area contributed by atoms with Gasteiger partial charge in [0.25, 0.3) is 16.0 Å². The summed E-state index contributed by atoms with van der Waals surface area (Å²) < 4.78 is 101. The van der Waals surface area contributed by atoms with Crippen LogP contribution in [0.2, 0.25) is 0 Å². The quantitative estimate of drug-likeness (QED) is 0.00224. The van der Waals surface area contributed by atoms with Crippen molar-refractivity contribution in [2.24, 2.45) is 5.11 Å². The third kappa shape index (κ3) is 21.9. The lowest BCUT2D eigenvalue weighted by atomic mass is 9.81. The molecule has 0 spiro atoms. The van der Waals surface area contributed by atoms with E-state index in [2.05, 4.69) is 102 Å². The average Bonchev–Trinajstić information content (AvgIpc) is 1.61. The van der Waals surface area contributed by atoms with Gasteiger partial charge < -0.3 is 59.5 Å². The Kier molecular flexibility index (Phi) is 27.5. The van der Waals surface area contributed by atoms with Gasteiger partial charge in [0.15, 0.2) is 5.71 Å². The van der Waals surface area contributed by atoms with Gasteiger partial charge in [0, 0.05) is 90.3 Å². The van der Waals surface area contributed by atoms with Gasteiger partial charge in [-0.15, -0.1) is 0 Å². The maximum atomic E-state index is 13.6. The molecule has 3 aromatic carbocycles. The van der Waals surface area contributed by atoms with Gasteiger partial charge in [-0.05, 0) is 86.5 Å². The number of nitrogens with zero attached hydrogens (tertiary/aromatic N) is 6. The number of allylic oxidation sites excluding steroid dienone is 6. The van der Waals surface area contributed by atoms with Gasteiger partial charge in [0.05, 0.1) is 35.1 Å². The van der Waals surface area contributed by atoms with Crippen LogP contribution in [0.25, 0.3) is 10.4 Å². The van der Waals surface area contributed by atoms with Crippen LogP contribution in [0.4, 0.5) is 11.4 Å². The molecular weight excluding hydrogens is 1380 g/mol. The van der Waals surface area contributed by atoms with Gasteiger partial charge in [-0.1, -0.05) is 127 Å². The van der Waals surface area contributed by atoms with E-state index in [0.29, 0.717) is 44.1 Å². The summed E-state index contributed by atoms with van der Waals surface area (Å²) in [6.07, 6.45) is 11.5. The molecule has 4 aliphatic rings. The zero-order valence-electron chi connectivity index (χ0n) is 54.0. The molecule has 0 bridgehead atoms. The van der Waals surface area contributed by atoms with E-state index in [4.69, 9.17) is 34.1 Å². The van der Waals surface area contributed by atoms with E-state index in [1.165, 1.54) is 76.1 Å². The normalized spacial score (nSPS) is 20.1. The van der Waals surface area contributed by atoms with Crippen LogP contribution in [0.3, 0.4) is 0 Å². The first kappa shape index (κ1) is 77.7. The van der Waals surface area contributed by atoms with Crippen LogP contribution < -0.4 is 20.9 Å². The molecule has 3 aromatic rings. The molecule has 0 aliphatic carbocycles. The summed E-state index contributed by atoms with van der Waals surface area (Å²) >= 11 is 0. The van der Waals surface area contributed by atoms with Crippen molar-refractivity contribution in [3.8, 4) is 11.8 Å². The second-order valence-corrected chi connectivity index (χ2v) is 31.9. The lowest BCUT2D eigenvalue weighted by molar-refractivity contribution is -0.401. The van der Waals surface area contributed by atoms with Crippen molar-refractivity contribution in [3.05, 3.63) is 160 Å². The number of rotatable bonds is 34. The first-order valence-corrected chi connectivity index (χ1v) is 39.0. The second-order valence-electron chi connectivity index (χ2n) is 23.5. The molecule has 524 valence electrons. The van der Waals surface area contributed by atoms with E-state index in [9.17, 15) is 55.6 Å². The summed E-state index contributed by atoms with van der Waals surface area (Å²) in [4.78, 5) is 95.9. The number of phosphoric ester groups is 1. The number of phosphoric acid groups is 3. The van der Waals surface area contributed by atoms with Gasteiger partial charge in [-0.25, -0.2) is 18.5 Å². The molecule has 1 fully saturated rings. The van der Waals surface area contributed by atoms with Crippen LogP contribution >= 0.6 is 45.1 Å². The standard InChI is InChI=1S/C62H78N9O20P3S3/c1-42(67-68-63)46-22-13-14-23-47(46)60(75)89-52-38-58(88-53(52)40-87-93(79,80)91-94(81,82)90-92(76,77)78)71-39-44(59(74)66-43(71)2)21-20-32-64-56(72)29-17-19-35-86-41-96-95-36-33-65-57(73)28-12-9-18-34-70-51-25-16-15-24-48(51)61(3,4)55(70)27-11-8-10-26-54-62(5,6)49-37-45(97(83,84)85)30-31-50(49)69(54)7/h8,10-11,13-16,22-27,30-31,37,39,42,52-53,58H,2,9,12,17-19,28-29,32-36,38,40-41H2,1,3-7H3,(H7-,64,65,66,72,73,74,76,77,78,79,80,81,82,83,84,85)/p+1/t42?,52?,53-,58-/m1/s1. The zero-order chi connectivity index (χ0) is 70.9. The van der Waals surface area contributed by atoms with E-state index >= 15 is 0 Å². The Balaban J connectivity index is 0.773. The third-order valence-corrected chi connectivity index (χ3v) is 22.6. The number of unbranched alkanes of at least 4 members (excludes halogenated alkanes) is 3. The minimum absolute atomic E-state index is 0.00503. The largest absolute Gasteiger partial charge is 0.490 e. The fourth-order valence-electron chi connectivity index (χ4n) is 11.2. The van der Waals surface area contributed by atoms with Gasteiger partial charge in [-0.3, -0.25) is 23.5 Å². The van der Waals surface area contributed by atoms with Crippen LogP contribution in [0, 0.1) is 11.8 Å². The van der Waals surface area contributed by atoms with Crippen LogP contribution in [0.15, 0.2) is 137 Å². The number of amides is 3. The number of ether oxygens (including phenoxy) is 3. The Labute approximate surface area is 570 Å². The highest BCUT2D eigenvalue weighted by Gasteiger charge is 2.47. The molecule has 0 aromatic heterocycles. The molecule has 29 nitrogen and oxygen atoms in total. The molecule has 4 unspecified atom stereocenters. The highest BCUT2D eigenvalue weighted by Crippen LogP contribution is 2.66. The van der Waals surface area contributed by atoms with E-state index in [-0.39, 0.29) is 64.0 Å². The van der Waals surface area contributed by atoms with Crippen molar-refractivity contribution < 1.29 is 97.3 Å². The van der Waals surface area contributed by atoms with Crippen LogP contribution in [0.1, 0.15) is 119 Å². The molecule has 8 N–H and O–H groups in total. The van der Waals surface area contributed by atoms with E-state index in [1.54, 1.807) is 22.9 Å². The van der Waals surface area contributed by atoms with Gasteiger partial charge >= 0.3 is 29.4 Å². The first-order chi connectivity index (χ1) is 45.7. The number of esters is 1. The molecule has 0 saturated carbocycles. The predicted octanol–water partition coefficient (Wildman–Crippen LogP) is 9.90. The zero-order valence-corrected chi connectivity index (χ0v) is 59.2. The van der Waals surface area contributed by atoms with Crippen molar-refractivity contribution >= 4 is 96.0 Å². The fourth-order valence-corrected chi connectivity index (χ4v) is 16.3. The number of nitrogens with one attached hydrogen (secondary N) is 3. The summed E-state index contributed by atoms with van der Waals surface area (Å²) in [6, 6.07) is 18.3. The Bertz CT molecular complexity index is 4010. The van der Waals surface area contributed by atoms with Crippen molar-refractivity contribution in [1.82, 2.24) is 20.9 Å². The Hall–Kier alpha value is -6.68. The van der Waals surface area contributed by atoms with Gasteiger partial charge in [-0.2, -0.15) is 21.6 Å². The summed E-state index contributed by atoms with van der Waals surface area (Å²) in [5, 5.41) is 11.8. The van der Waals surface area contributed by atoms with Gasteiger partial charge in [0.1, 0.15) is 42.8 Å². The van der Waals surface area contributed by atoms with Gasteiger partial charge in [0.2, 0.25) is 17.5 Å². The number of hydrogen-bond donors (Lipinski definition) is 8. The summed E-state index contributed by atoms with van der Waals surface area (Å²) in [6.45, 7) is 14.5. The third-order valence-electron chi connectivity index (χ3n) is 15.9. The number of anilines is 1. The minimum Gasteiger partial charge on any atom is -0.456 e. The van der Waals surface area contributed by atoms with Crippen molar-refractivity contribution in [1.29, 1.82) is 0 Å². The number of carbonyl (C=O) groups excluding carboxylic acids is 4. The highest BCUT2D eigenvalue weighted by molar-refractivity contribution is 8.76. The summed E-state index contributed by atoms with van der Waals surface area (Å²) in [5.41, 5.74) is 14.7. The number of para-hydroxylation sites is 1. The molecule has 6 atom stereocenters. The number of carbonyl (C=O) groups is 4. The maximum Gasteiger partial charge on any atom is 0.490 e. The van der Waals surface area contributed by atoms with Crippen LogP contribution in [-0.2, 0) is 76.4 Å². The van der Waals surface area contributed by atoms with Crippen molar-refractivity contribution in [2.75, 3.05) is 56.5 Å². The Morgan fingerprint density at radius 2 is 1.64 bits per heavy atom. The lowest BCUT2D eigenvalue weighted by Crippen LogP contribution is -2.43. The topological polar surface area (TPSA) is 405 Å². The first-order valence-electron chi connectivity index (χ1n) is 30.5. The molecule has 4 aliphatic heterocycles. The molecule has 3 amide bonds. The van der Waals surface area contributed by atoms with Crippen molar-refractivity contribution in [2.45, 2.75) is 126 Å². The smallest absolute Gasteiger partial charge is 0.456 e. The number of azide groups is 1. The summed E-state index contributed by atoms with van der Waals surface area (Å²) in [7, 11) is -16.6. The van der Waals surface area contributed by atoms with E-state index in [0.717, 1.165) is 42.8 Å². The van der Waals surface area contributed by atoms with Crippen LogP contribution in [0.5, 0.6) is 0 Å². The molecule has 4 heterocycles. The van der Waals surface area contributed by atoms with E-state index < -0.39 is 82.0 Å². The minimum atomic E-state index is -5.89. The monoisotopic (exact) mass is 1460 g/mol. The van der Waals surface area contributed by atoms with Crippen LogP contribution in [-0.4, -0.2) is 141 Å². The predicted molar refractivity (Wildman–Crippen MR) is 364 cm³/mol.